The van der Waals surface area contributed by atoms with Gasteiger partial charge >= 0.3 is 12.2 Å². The number of hydrogen-bond donors (Lipinski definition) is 4. The topological polar surface area (TPSA) is 175 Å². The number of thioether (sulfide) groups is 1. The summed E-state index contributed by atoms with van der Waals surface area (Å²) < 4.78 is 9.54. The Kier molecular flexibility index (Phi) is 11.8. The lowest BCUT2D eigenvalue weighted by Crippen LogP contribution is -2.51. The summed E-state index contributed by atoms with van der Waals surface area (Å²) in [6.45, 7) is 8.84. The van der Waals surface area contributed by atoms with Gasteiger partial charge in [0.25, 0.3) is 0 Å². The molecule has 14 nitrogen and oxygen atoms in total. The first-order chi connectivity index (χ1) is 27.0. The molecule has 0 spiro atoms. The van der Waals surface area contributed by atoms with Crippen LogP contribution in [0.1, 0.15) is 93.5 Å². The number of benzene rings is 1. The van der Waals surface area contributed by atoms with Gasteiger partial charge in [0.15, 0.2) is 0 Å². The van der Waals surface area contributed by atoms with Crippen LogP contribution in [0.4, 0.5) is 9.59 Å². The largest absolute Gasteiger partial charge is 0.453 e. The van der Waals surface area contributed by atoms with Crippen LogP contribution in [0, 0.1) is 11.8 Å². The molecule has 0 aliphatic carbocycles. The van der Waals surface area contributed by atoms with Crippen molar-refractivity contribution in [2.45, 2.75) is 88.4 Å². The Bertz CT molecular complexity index is 2060. The molecule has 4 N–H and O–H groups in total. The Hall–Kier alpha value is -4.83. The van der Waals surface area contributed by atoms with Crippen LogP contribution in [0.25, 0.3) is 22.5 Å². The van der Waals surface area contributed by atoms with Gasteiger partial charge in [0.2, 0.25) is 11.8 Å². The van der Waals surface area contributed by atoms with Gasteiger partial charge in [0.1, 0.15) is 23.7 Å². The summed E-state index contributed by atoms with van der Waals surface area (Å²) in [5, 5.41) is 7.61. The maximum atomic E-state index is 13.6. The minimum atomic E-state index is -0.683. The average Bonchev–Trinajstić information content (AvgIpc) is 4.04. The molecule has 3 aliphatic heterocycles. The van der Waals surface area contributed by atoms with E-state index in [4.69, 9.17) is 19.4 Å². The van der Waals surface area contributed by atoms with Gasteiger partial charge < -0.3 is 39.9 Å². The van der Waals surface area contributed by atoms with Gasteiger partial charge in [-0.15, -0.1) is 23.1 Å². The molecule has 16 heteroatoms. The summed E-state index contributed by atoms with van der Waals surface area (Å²) in [4.78, 5) is 73.9. The number of fused-ring (bicyclic) bond motifs is 1. The number of aromatic amines is 2. The molecule has 0 radical (unpaired) electrons. The molecule has 4 amide bonds. The summed E-state index contributed by atoms with van der Waals surface area (Å²) >= 11 is 3.62. The van der Waals surface area contributed by atoms with Crippen LogP contribution in [0.3, 0.4) is 0 Å². The minimum absolute atomic E-state index is 0.0996. The molecule has 3 aliphatic rings. The number of carbonyl (C=O) groups is 4. The molecular formula is C40H50N8O6S2. The van der Waals surface area contributed by atoms with E-state index in [1.54, 1.807) is 11.3 Å². The van der Waals surface area contributed by atoms with E-state index in [9.17, 15) is 19.2 Å². The first kappa shape index (κ1) is 39.4. The number of amides is 4. The van der Waals surface area contributed by atoms with Crippen molar-refractivity contribution >= 4 is 47.1 Å². The highest BCUT2D eigenvalue weighted by atomic mass is 32.2. The lowest BCUT2D eigenvalue weighted by Gasteiger charge is -2.30. The highest BCUT2D eigenvalue weighted by molar-refractivity contribution is 8.00. The molecule has 2 fully saturated rings. The summed E-state index contributed by atoms with van der Waals surface area (Å²) in [6, 6.07) is 6.86. The molecule has 0 bridgehead atoms. The Morgan fingerprint density at radius 1 is 0.786 bits per heavy atom. The second-order valence-electron chi connectivity index (χ2n) is 15.3. The Balaban J connectivity index is 1.03. The highest BCUT2D eigenvalue weighted by Gasteiger charge is 2.39. The van der Waals surface area contributed by atoms with Crippen molar-refractivity contribution in [2.75, 3.05) is 33.1 Å². The number of nitrogens with one attached hydrogen (secondary N) is 4. The molecule has 1 aromatic carbocycles. The molecular weight excluding hydrogens is 753 g/mol. The van der Waals surface area contributed by atoms with Crippen molar-refractivity contribution in [1.29, 1.82) is 0 Å². The normalized spacial score (nSPS) is 20.3. The third-order valence-electron chi connectivity index (χ3n) is 11.1. The van der Waals surface area contributed by atoms with E-state index in [1.165, 1.54) is 29.6 Å². The van der Waals surface area contributed by atoms with Gasteiger partial charge in [-0.1, -0.05) is 52.0 Å². The maximum absolute atomic E-state index is 13.6. The third kappa shape index (κ3) is 7.77. The molecule has 2 saturated heterocycles. The number of likely N-dealkylation sites (tertiary alicyclic amines) is 2. The molecule has 5 atom stereocenters. The van der Waals surface area contributed by atoms with Crippen LogP contribution in [-0.4, -0.2) is 98.9 Å². The SMILES string of the molecule is COC(=O)N[C@H](C(=O)N1CCCC1c1ncc(-c2ccc(C3CSc4c(-c5cnc(C6CCCN6C(=O)[C@H](NC(=O)OC)C(C)C)[nH]5)csc43)cc2)[nH]1)C(C)C. The molecule has 3 unspecified atom stereocenters. The van der Waals surface area contributed by atoms with E-state index in [0.29, 0.717) is 13.1 Å². The van der Waals surface area contributed by atoms with E-state index >= 15 is 0 Å². The van der Waals surface area contributed by atoms with Crippen LogP contribution in [-0.2, 0) is 19.1 Å². The Morgan fingerprint density at radius 2 is 1.30 bits per heavy atom. The number of alkyl carbamates (subject to hydrolysis) is 2. The first-order valence-electron chi connectivity index (χ1n) is 19.2. The zero-order chi connectivity index (χ0) is 39.7. The predicted molar refractivity (Wildman–Crippen MR) is 214 cm³/mol. The van der Waals surface area contributed by atoms with E-state index in [0.717, 1.165) is 65.6 Å². The predicted octanol–water partition coefficient (Wildman–Crippen LogP) is 6.85. The molecule has 6 heterocycles. The monoisotopic (exact) mass is 802 g/mol. The third-order valence-corrected chi connectivity index (χ3v) is 13.5. The van der Waals surface area contributed by atoms with Crippen molar-refractivity contribution in [2.24, 2.45) is 11.8 Å². The van der Waals surface area contributed by atoms with Gasteiger partial charge in [-0.25, -0.2) is 19.6 Å². The van der Waals surface area contributed by atoms with E-state index in [1.807, 2.05) is 61.7 Å². The Labute approximate surface area is 334 Å². The van der Waals surface area contributed by atoms with Crippen LogP contribution in [0.2, 0.25) is 0 Å². The maximum Gasteiger partial charge on any atom is 0.407 e. The van der Waals surface area contributed by atoms with Gasteiger partial charge in [-0.2, -0.15) is 0 Å². The van der Waals surface area contributed by atoms with Gasteiger partial charge in [0, 0.05) is 45.5 Å². The van der Waals surface area contributed by atoms with E-state index < -0.39 is 24.3 Å². The molecule has 0 saturated carbocycles. The minimum Gasteiger partial charge on any atom is -0.453 e. The molecule has 7 rings (SSSR count). The number of carbonyl (C=O) groups excluding carboxylic acids is 4. The molecule has 298 valence electrons. The molecule has 3 aromatic heterocycles. The van der Waals surface area contributed by atoms with E-state index in [-0.39, 0.29) is 41.7 Å². The molecule has 56 heavy (non-hydrogen) atoms. The van der Waals surface area contributed by atoms with Crippen LogP contribution in [0.15, 0.2) is 46.9 Å². The average molecular weight is 803 g/mol. The second-order valence-corrected chi connectivity index (χ2v) is 17.2. The zero-order valence-electron chi connectivity index (χ0n) is 32.6. The number of hydrogen-bond acceptors (Lipinski definition) is 10. The van der Waals surface area contributed by atoms with Gasteiger partial charge in [0.05, 0.1) is 50.1 Å². The smallest absolute Gasteiger partial charge is 0.407 e. The fourth-order valence-corrected chi connectivity index (χ4v) is 10.9. The van der Waals surface area contributed by atoms with Crippen molar-refractivity contribution in [3.8, 4) is 22.5 Å². The molecule has 4 aromatic rings. The van der Waals surface area contributed by atoms with Gasteiger partial charge in [-0.3, -0.25) is 9.59 Å². The number of nitrogens with zero attached hydrogens (tertiary/aromatic N) is 4. The summed E-state index contributed by atoms with van der Waals surface area (Å²) in [5.74, 6) is 2.23. The number of thiophene rings is 1. The fraction of sp³-hybridized carbons (Fsp3) is 0.500. The van der Waals surface area contributed by atoms with Crippen molar-refractivity contribution in [3.05, 3.63) is 64.1 Å². The Morgan fingerprint density at radius 3 is 1.82 bits per heavy atom. The number of H-pyrrole nitrogens is 2. The summed E-state index contributed by atoms with van der Waals surface area (Å²) in [6.07, 6.45) is 5.76. The van der Waals surface area contributed by atoms with Crippen LogP contribution in [0.5, 0.6) is 0 Å². The van der Waals surface area contributed by atoms with Crippen molar-refractivity contribution in [3.63, 3.8) is 0 Å². The zero-order valence-corrected chi connectivity index (χ0v) is 34.2. The lowest BCUT2D eigenvalue weighted by atomic mass is 9.97. The lowest BCUT2D eigenvalue weighted by molar-refractivity contribution is -0.136. The number of methoxy groups -OCH3 is 2. The van der Waals surface area contributed by atoms with Crippen LogP contribution < -0.4 is 10.6 Å². The van der Waals surface area contributed by atoms with E-state index in [2.05, 4.69) is 50.2 Å². The first-order valence-corrected chi connectivity index (χ1v) is 21.1. The summed E-state index contributed by atoms with van der Waals surface area (Å²) in [5.41, 5.74) is 5.20. The number of aromatic nitrogens is 4. The van der Waals surface area contributed by atoms with Crippen molar-refractivity contribution < 1.29 is 28.7 Å². The quantitative estimate of drug-likeness (QED) is 0.126. The second kappa shape index (κ2) is 16.7. The number of ether oxygens (including phenoxy) is 2. The summed E-state index contributed by atoms with van der Waals surface area (Å²) in [7, 11) is 2.59. The van der Waals surface area contributed by atoms with Crippen LogP contribution >= 0.6 is 23.1 Å². The van der Waals surface area contributed by atoms with Crippen molar-refractivity contribution in [1.82, 2.24) is 40.4 Å². The fourth-order valence-electron chi connectivity index (χ4n) is 8.00. The standard InChI is InChI=1S/C40H50N8O6S2/c1-21(2)31(45-39(51)53-5)37(49)47-15-7-9-29(47)35-41-17-27(43-35)24-13-11-23(12-14-24)25-19-55-34-26(20-56-33(25)34)28-18-42-36(44-28)30-10-8-16-48(30)38(50)32(22(3)4)46-40(52)54-6/h11-14,17-18,20-22,25,29-32H,7-10,15-16,19H2,1-6H3,(H,41,43)(H,42,44)(H,45,51)(H,46,52)/t25?,29?,30?,31-,32+/m0/s1. The highest BCUT2D eigenvalue weighted by Crippen LogP contribution is 2.51. The number of rotatable bonds is 11. The number of imidazole rings is 2. The van der Waals surface area contributed by atoms with Gasteiger partial charge in [-0.05, 0) is 48.6 Å².